The fourth-order valence-corrected chi connectivity index (χ4v) is 7.26. The molecular formula is C46H40N4O2. The van der Waals surface area contributed by atoms with Crippen LogP contribution in [0.5, 0.6) is 0 Å². The van der Waals surface area contributed by atoms with E-state index < -0.39 is 0 Å². The predicted octanol–water partition coefficient (Wildman–Crippen LogP) is 12.9. The molecule has 0 aliphatic carbocycles. The van der Waals surface area contributed by atoms with E-state index in [-0.39, 0.29) is 10.8 Å². The van der Waals surface area contributed by atoms with Gasteiger partial charge in [0.25, 0.3) is 0 Å². The number of fused-ring (bicyclic) bond motifs is 4. The molecule has 0 radical (unpaired) electrons. The summed E-state index contributed by atoms with van der Waals surface area (Å²) in [6.07, 6.45) is 1.89. The molecule has 9 aromatic rings. The maximum absolute atomic E-state index is 6.80. The molecule has 0 fully saturated rings. The van der Waals surface area contributed by atoms with Crippen LogP contribution >= 0.6 is 0 Å². The number of rotatable bonds is 4. The van der Waals surface area contributed by atoms with E-state index in [1.807, 2.05) is 30.5 Å². The average molecular weight is 681 g/mol. The molecule has 9 rings (SSSR count). The van der Waals surface area contributed by atoms with Gasteiger partial charge in [0, 0.05) is 28.0 Å². The van der Waals surface area contributed by atoms with Gasteiger partial charge in [-0.05, 0) is 100 Å². The van der Waals surface area contributed by atoms with Gasteiger partial charge in [0.15, 0.2) is 5.58 Å². The summed E-state index contributed by atoms with van der Waals surface area (Å²) in [5.41, 5.74) is 9.63. The standard InChI is InChI=1S/C46H40N4O2/c1-27-22-38(49-42-33-23-28-14-11-12-17-32(28)44-40(33)41-36(51-43(27)42)18-13-19-37(41)52-44)50(31-15-9-8-10-16-31)39-26-30(46(5,6)7)25-35(48-39)34-24-29(20-21-47-34)45(2,3)4/h8-26H,1-7H3. The van der Waals surface area contributed by atoms with Crippen molar-refractivity contribution in [3.05, 3.63) is 132 Å². The fraction of sp³-hybridized carbons (Fsp3) is 0.196. The summed E-state index contributed by atoms with van der Waals surface area (Å²) in [6, 6.07) is 37.7. The molecule has 6 nitrogen and oxygen atoms in total. The second kappa shape index (κ2) is 11.5. The van der Waals surface area contributed by atoms with E-state index in [1.165, 1.54) is 5.56 Å². The normalized spacial score (nSPS) is 12.5. The van der Waals surface area contributed by atoms with Gasteiger partial charge < -0.3 is 8.83 Å². The van der Waals surface area contributed by atoms with Crippen molar-refractivity contribution in [1.82, 2.24) is 15.0 Å². The Balaban J connectivity index is 1.37. The lowest BCUT2D eigenvalue weighted by Crippen LogP contribution is -2.17. The minimum Gasteiger partial charge on any atom is -0.455 e. The van der Waals surface area contributed by atoms with Crippen LogP contribution in [0.2, 0.25) is 0 Å². The lowest BCUT2D eigenvalue weighted by Gasteiger charge is -2.27. The summed E-state index contributed by atoms with van der Waals surface area (Å²) in [5.74, 6) is 1.49. The van der Waals surface area contributed by atoms with Gasteiger partial charge in [-0.25, -0.2) is 9.97 Å². The molecule has 5 heterocycles. The van der Waals surface area contributed by atoms with Gasteiger partial charge in [-0.2, -0.15) is 0 Å². The van der Waals surface area contributed by atoms with Crippen molar-refractivity contribution in [2.45, 2.75) is 59.3 Å². The topological polar surface area (TPSA) is 68.2 Å². The van der Waals surface area contributed by atoms with Gasteiger partial charge in [0.2, 0.25) is 0 Å². The van der Waals surface area contributed by atoms with Crippen molar-refractivity contribution in [2.75, 3.05) is 4.90 Å². The number of benzene rings is 4. The molecular weight excluding hydrogens is 641 g/mol. The van der Waals surface area contributed by atoms with Crippen molar-refractivity contribution >= 4 is 72.1 Å². The minimum atomic E-state index is -0.156. The van der Waals surface area contributed by atoms with Crippen LogP contribution in [-0.2, 0) is 10.8 Å². The van der Waals surface area contributed by atoms with E-state index in [0.29, 0.717) is 0 Å². The summed E-state index contributed by atoms with van der Waals surface area (Å²) in [4.78, 5) is 17.9. The second-order valence-corrected chi connectivity index (χ2v) is 15.9. The van der Waals surface area contributed by atoms with Crippen molar-refractivity contribution in [2.24, 2.45) is 0 Å². The van der Waals surface area contributed by atoms with E-state index in [1.54, 1.807) is 0 Å². The van der Waals surface area contributed by atoms with Gasteiger partial charge in [0.05, 0.1) is 16.8 Å². The largest absolute Gasteiger partial charge is 0.455 e. The fourth-order valence-electron chi connectivity index (χ4n) is 7.26. The quantitative estimate of drug-likeness (QED) is 0.184. The first-order valence-electron chi connectivity index (χ1n) is 17.9. The van der Waals surface area contributed by atoms with Crippen LogP contribution < -0.4 is 4.90 Å². The van der Waals surface area contributed by atoms with Crippen molar-refractivity contribution in [3.63, 3.8) is 0 Å². The summed E-state index contributed by atoms with van der Waals surface area (Å²) < 4.78 is 13.4. The van der Waals surface area contributed by atoms with Crippen LogP contribution in [0, 0.1) is 6.92 Å². The number of aromatic nitrogens is 3. The lowest BCUT2D eigenvalue weighted by molar-refractivity contribution is 0.588. The number of aryl methyl sites for hydroxylation is 1. The van der Waals surface area contributed by atoms with Crippen molar-refractivity contribution < 1.29 is 8.83 Å². The molecule has 6 heteroatoms. The number of hydrogen-bond acceptors (Lipinski definition) is 6. The van der Waals surface area contributed by atoms with E-state index in [9.17, 15) is 0 Å². The highest BCUT2D eigenvalue weighted by Gasteiger charge is 2.25. The lowest BCUT2D eigenvalue weighted by atomic mass is 9.85. The maximum atomic E-state index is 6.80. The molecule has 0 N–H and O–H groups in total. The van der Waals surface area contributed by atoms with E-state index in [4.69, 9.17) is 23.8 Å². The first-order chi connectivity index (χ1) is 24.9. The maximum Gasteiger partial charge on any atom is 0.156 e. The number of furan rings is 1. The van der Waals surface area contributed by atoms with Crippen molar-refractivity contribution in [3.8, 4) is 11.4 Å². The third-order valence-corrected chi connectivity index (χ3v) is 10.1. The highest BCUT2D eigenvalue weighted by atomic mass is 16.3. The zero-order chi connectivity index (χ0) is 35.9. The number of anilines is 3. The number of para-hydroxylation sites is 1. The molecule has 0 unspecified atom stereocenters. The Bertz CT molecular complexity index is 2830. The smallest absolute Gasteiger partial charge is 0.156 e. The Morgan fingerprint density at radius 3 is 1.98 bits per heavy atom. The molecule has 0 spiro atoms. The summed E-state index contributed by atoms with van der Waals surface area (Å²) in [7, 11) is 0. The average Bonchev–Trinajstić information content (AvgIpc) is 3.46. The minimum absolute atomic E-state index is 0.0298. The molecule has 52 heavy (non-hydrogen) atoms. The van der Waals surface area contributed by atoms with Crippen molar-refractivity contribution in [1.29, 1.82) is 0 Å². The van der Waals surface area contributed by atoms with E-state index in [0.717, 1.165) is 94.6 Å². The van der Waals surface area contributed by atoms with Crippen LogP contribution in [0.1, 0.15) is 58.2 Å². The molecule has 4 aromatic carbocycles. The Morgan fingerprint density at radius 1 is 0.558 bits per heavy atom. The van der Waals surface area contributed by atoms with Crippen LogP contribution in [-0.4, -0.2) is 15.0 Å². The molecule has 0 aliphatic heterocycles. The molecule has 5 aromatic heterocycles. The highest BCUT2D eigenvalue weighted by Crippen LogP contribution is 2.44. The molecule has 0 atom stereocenters. The molecule has 0 saturated heterocycles. The zero-order valence-electron chi connectivity index (χ0n) is 30.6. The van der Waals surface area contributed by atoms with E-state index >= 15 is 0 Å². The first kappa shape index (κ1) is 31.9. The van der Waals surface area contributed by atoms with Gasteiger partial charge in [-0.3, -0.25) is 9.88 Å². The predicted molar refractivity (Wildman–Crippen MR) is 214 cm³/mol. The molecule has 0 aliphatic rings. The van der Waals surface area contributed by atoms with Crippen LogP contribution in [0.3, 0.4) is 0 Å². The second-order valence-electron chi connectivity index (χ2n) is 15.9. The molecule has 0 saturated carbocycles. The monoisotopic (exact) mass is 680 g/mol. The molecule has 0 bridgehead atoms. The van der Waals surface area contributed by atoms with E-state index in [2.05, 4.69) is 138 Å². The van der Waals surface area contributed by atoms with Crippen LogP contribution in [0.15, 0.2) is 124 Å². The first-order valence-corrected chi connectivity index (χ1v) is 17.9. The number of pyridine rings is 3. The Morgan fingerprint density at radius 2 is 1.23 bits per heavy atom. The summed E-state index contributed by atoms with van der Waals surface area (Å²) in [6.45, 7) is 15.5. The number of nitrogens with zero attached hydrogens (tertiary/aromatic N) is 4. The summed E-state index contributed by atoms with van der Waals surface area (Å²) in [5, 5.41) is 5.10. The third-order valence-electron chi connectivity index (χ3n) is 10.1. The van der Waals surface area contributed by atoms with Gasteiger partial charge in [0.1, 0.15) is 33.9 Å². The van der Waals surface area contributed by atoms with Gasteiger partial charge >= 0.3 is 0 Å². The Kier molecular flexibility index (Phi) is 7.07. The van der Waals surface area contributed by atoms with Gasteiger partial charge in [-0.1, -0.05) is 90.1 Å². The third kappa shape index (κ3) is 5.20. The van der Waals surface area contributed by atoms with Gasteiger partial charge in [-0.15, -0.1) is 0 Å². The molecule has 256 valence electrons. The molecule has 0 amide bonds. The number of hydrogen-bond donors (Lipinski definition) is 0. The summed E-state index contributed by atoms with van der Waals surface area (Å²) >= 11 is 0. The Labute approximate surface area is 302 Å². The zero-order valence-corrected chi connectivity index (χ0v) is 30.6. The van der Waals surface area contributed by atoms with Crippen LogP contribution in [0.25, 0.3) is 66.2 Å². The van der Waals surface area contributed by atoms with Crippen LogP contribution in [0.4, 0.5) is 17.3 Å². The Hall–Kier alpha value is -6.01. The highest BCUT2D eigenvalue weighted by molar-refractivity contribution is 6.29. The SMILES string of the molecule is Cc1cc(N(c2ccccc2)c2cc(C(C)(C)C)cc(-c3cc(C(C)(C)C)ccn3)n2)nc2c1oc1cccc3oc4c5ccccc5cc2c4c13.